The number of thiophene rings is 2. The van der Waals surface area contributed by atoms with Gasteiger partial charge in [-0.05, 0) is 94.1 Å². The number of aliphatic imine (C=N–C) groups is 2. The molecule has 4 aliphatic rings. The van der Waals surface area contributed by atoms with Crippen LogP contribution in [0.2, 0.25) is 0 Å². The third-order valence-corrected chi connectivity index (χ3v) is 12.3. The molecule has 4 nitrogen and oxygen atoms in total. The molecule has 0 saturated carbocycles. The highest BCUT2D eigenvalue weighted by molar-refractivity contribution is 7.22. The number of hydrogen-bond donors (Lipinski definition) is 1. The van der Waals surface area contributed by atoms with Gasteiger partial charge >= 0.3 is 0 Å². The van der Waals surface area contributed by atoms with Gasteiger partial charge in [0.15, 0.2) is 0 Å². The molecular weight excluding hydrogens is 675 g/mol. The molecule has 2 bridgehead atoms. The van der Waals surface area contributed by atoms with E-state index in [2.05, 4.69) is 145 Å². The molecule has 52 heavy (non-hydrogen) atoms. The lowest BCUT2D eigenvalue weighted by Crippen LogP contribution is -2.35. The minimum atomic E-state index is -0.0504. The monoisotopic (exact) mass is 707 g/mol. The minimum Gasteiger partial charge on any atom is -0.439 e. The summed E-state index contributed by atoms with van der Waals surface area (Å²) < 4.78 is 8.75. The molecule has 3 unspecified atom stereocenters. The van der Waals surface area contributed by atoms with Crippen LogP contribution in [0.25, 0.3) is 41.9 Å². The summed E-state index contributed by atoms with van der Waals surface area (Å²) in [5.74, 6) is 2.60. The van der Waals surface area contributed by atoms with Gasteiger partial charge in [0.25, 0.3) is 0 Å². The predicted molar refractivity (Wildman–Crippen MR) is 220 cm³/mol. The van der Waals surface area contributed by atoms with Crippen molar-refractivity contribution >= 4 is 65.8 Å². The first-order chi connectivity index (χ1) is 25.7. The summed E-state index contributed by atoms with van der Waals surface area (Å²) in [7, 11) is 0. The molecule has 3 atom stereocenters. The van der Waals surface area contributed by atoms with Crippen LogP contribution >= 0.6 is 22.7 Å². The molecule has 250 valence electrons. The van der Waals surface area contributed by atoms with Crippen molar-refractivity contribution in [2.75, 3.05) is 0 Å². The normalized spacial score (nSPS) is 20.7. The van der Waals surface area contributed by atoms with Gasteiger partial charge in [0.2, 0.25) is 5.90 Å². The van der Waals surface area contributed by atoms with Crippen molar-refractivity contribution in [2.45, 2.75) is 18.5 Å². The number of rotatable bonds is 6. The Morgan fingerprint density at radius 2 is 1.38 bits per heavy atom. The van der Waals surface area contributed by atoms with E-state index in [4.69, 9.17) is 14.7 Å². The highest BCUT2D eigenvalue weighted by Crippen LogP contribution is 2.37. The smallest absolute Gasteiger partial charge is 0.222 e. The second kappa shape index (κ2) is 13.1. The molecule has 0 fully saturated rings. The van der Waals surface area contributed by atoms with Gasteiger partial charge in [-0.15, -0.1) is 22.7 Å². The van der Waals surface area contributed by atoms with Crippen molar-refractivity contribution in [3.8, 4) is 10.4 Å². The molecule has 0 saturated heterocycles. The summed E-state index contributed by atoms with van der Waals surface area (Å²) in [5.41, 5.74) is 6.71. The molecule has 4 aromatic carbocycles. The van der Waals surface area contributed by atoms with E-state index in [1.165, 1.54) is 41.1 Å². The molecular formula is C46H33N3OS2. The summed E-state index contributed by atoms with van der Waals surface area (Å²) in [4.78, 5) is 12.7. The van der Waals surface area contributed by atoms with E-state index in [0.717, 1.165) is 40.4 Å². The van der Waals surface area contributed by atoms with Crippen LogP contribution in [-0.4, -0.2) is 17.8 Å². The Kier molecular flexibility index (Phi) is 7.77. The van der Waals surface area contributed by atoms with Crippen LogP contribution in [0.4, 0.5) is 0 Å². The topological polar surface area (TPSA) is 46.0 Å². The third kappa shape index (κ3) is 6.00. The second-order valence-corrected chi connectivity index (χ2v) is 15.5. The number of allylic oxidation sites excluding steroid dienone is 6. The zero-order chi connectivity index (χ0) is 34.4. The second-order valence-electron chi connectivity index (χ2n) is 13.4. The Hall–Kier alpha value is -5.82. The summed E-state index contributed by atoms with van der Waals surface area (Å²) in [6.07, 6.45) is 20.2. The Morgan fingerprint density at radius 1 is 0.673 bits per heavy atom. The third-order valence-electron chi connectivity index (χ3n) is 9.93. The standard InChI is InChI=1S/C46H33N3OS2/c1-5-11-41-35(7-1)25-43(51-41)31-17-13-29(14-18-31)39-28-40(30-15-23-34(24-16-30)46-47-37-9-3-4-10-38(27-37)50-46)49-45(48-39)33-21-19-32(20-22-33)44-26-36-8-2-6-12-42(36)52-44/h1-21,23-28,33,37,40H,22H2,(H,48,49). The molecule has 2 aliphatic carbocycles. The fourth-order valence-electron chi connectivity index (χ4n) is 7.14. The maximum atomic E-state index is 6.12. The fourth-order valence-corrected chi connectivity index (χ4v) is 9.30. The molecule has 0 amide bonds. The first-order valence-corrected chi connectivity index (χ1v) is 19.3. The number of nitrogens with zero attached hydrogens (tertiary/aromatic N) is 2. The van der Waals surface area contributed by atoms with Crippen LogP contribution in [0.15, 0.2) is 180 Å². The highest BCUT2D eigenvalue weighted by atomic mass is 32.1. The van der Waals surface area contributed by atoms with Crippen LogP contribution in [0, 0.1) is 5.92 Å². The van der Waals surface area contributed by atoms with Gasteiger partial charge in [0.05, 0.1) is 17.8 Å². The van der Waals surface area contributed by atoms with Crippen molar-refractivity contribution in [2.24, 2.45) is 15.9 Å². The average Bonchev–Trinajstić information content (AvgIpc) is 3.81. The Morgan fingerprint density at radius 3 is 2.13 bits per heavy atom. The lowest BCUT2D eigenvalue weighted by atomic mass is 9.92. The van der Waals surface area contributed by atoms with Crippen LogP contribution in [0.3, 0.4) is 0 Å². The van der Waals surface area contributed by atoms with Crippen molar-refractivity contribution in [3.63, 3.8) is 0 Å². The van der Waals surface area contributed by atoms with E-state index in [9.17, 15) is 0 Å². The Labute approximate surface area is 310 Å². The zero-order valence-electron chi connectivity index (χ0n) is 28.1. The summed E-state index contributed by atoms with van der Waals surface area (Å²) in [6, 6.07) is 39.2. The maximum absolute atomic E-state index is 6.12. The molecule has 6 aromatic rings. The van der Waals surface area contributed by atoms with Crippen LogP contribution in [-0.2, 0) is 4.74 Å². The van der Waals surface area contributed by atoms with Crippen molar-refractivity contribution in [3.05, 3.63) is 191 Å². The molecule has 10 rings (SSSR count). The van der Waals surface area contributed by atoms with Gasteiger partial charge in [-0.1, -0.05) is 109 Å². The van der Waals surface area contributed by atoms with E-state index in [0.29, 0.717) is 5.90 Å². The summed E-state index contributed by atoms with van der Waals surface area (Å²) in [5, 5.41) is 6.40. The molecule has 2 aliphatic heterocycles. The van der Waals surface area contributed by atoms with E-state index < -0.39 is 0 Å². The summed E-state index contributed by atoms with van der Waals surface area (Å²) >= 11 is 3.69. The lowest BCUT2D eigenvalue weighted by Gasteiger charge is -2.28. The fraction of sp³-hybridized carbons (Fsp3) is 0.0870. The minimum absolute atomic E-state index is 0.0139. The largest absolute Gasteiger partial charge is 0.439 e. The van der Waals surface area contributed by atoms with Crippen LogP contribution < -0.4 is 5.32 Å². The van der Waals surface area contributed by atoms with Gasteiger partial charge < -0.3 is 10.1 Å². The van der Waals surface area contributed by atoms with Crippen LogP contribution in [0.1, 0.15) is 34.0 Å². The van der Waals surface area contributed by atoms with Crippen LogP contribution in [0.5, 0.6) is 0 Å². The molecule has 0 radical (unpaired) electrons. The predicted octanol–water partition coefficient (Wildman–Crippen LogP) is 11.7. The van der Waals surface area contributed by atoms with E-state index in [-0.39, 0.29) is 18.0 Å². The molecule has 0 spiro atoms. The lowest BCUT2D eigenvalue weighted by molar-refractivity contribution is 0.419. The van der Waals surface area contributed by atoms with Gasteiger partial charge in [-0.25, -0.2) is 9.98 Å². The number of hydrogen-bond acceptors (Lipinski definition) is 6. The van der Waals surface area contributed by atoms with Crippen molar-refractivity contribution in [1.29, 1.82) is 0 Å². The first-order valence-electron chi connectivity index (χ1n) is 17.6. The molecule has 2 aromatic heterocycles. The van der Waals surface area contributed by atoms with Gasteiger partial charge in [0.1, 0.15) is 11.6 Å². The van der Waals surface area contributed by atoms with Gasteiger partial charge in [0, 0.05) is 30.6 Å². The molecule has 6 heteroatoms. The van der Waals surface area contributed by atoms with Crippen molar-refractivity contribution < 1.29 is 4.74 Å². The first kappa shape index (κ1) is 31.0. The quantitative estimate of drug-likeness (QED) is 0.187. The summed E-state index contributed by atoms with van der Waals surface area (Å²) in [6.45, 7) is 0. The number of amidine groups is 1. The number of benzene rings is 4. The molecule has 1 N–H and O–H groups in total. The number of ether oxygens (including phenoxy) is 1. The number of fused-ring (bicyclic) bond motifs is 3. The van der Waals surface area contributed by atoms with E-state index >= 15 is 0 Å². The zero-order valence-corrected chi connectivity index (χ0v) is 29.8. The molecule has 4 heterocycles. The number of nitrogens with one attached hydrogen (secondary N) is 1. The van der Waals surface area contributed by atoms with E-state index in [1.54, 1.807) is 0 Å². The van der Waals surface area contributed by atoms with Gasteiger partial charge in [-0.3, -0.25) is 0 Å². The van der Waals surface area contributed by atoms with Crippen molar-refractivity contribution in [1.82, 2.24) is 5.32 Å². The Balaban J connectivity index is 0.951. The Bertz CT molecular complexity index is 2540. The SMILES string of the molecule is C1=CC2=CC(C=C1)N=C(c1ccc(C3C=C(c4ccc(-c5cc6ccccc6s5)cc4)N=C(C4C=CC(c5cc6ccccc6s5)=CC4)N3)cc1)O2. The average molecular weight is 708 g/mol. The highest BCUT2D eigenvalue weighted by Gasteiger charge is 2.25. The van der Waals surface area contributed by atoms with E-state index in [1.807, 2.05) is 47.0 Å². The maximum Gasteiger partial charge on any atom is 0.222 e. The van der Waals surface area contributed by atoms with Gasteiger partial charge in [-0.2, -0.15) is 0 Å².